The number of nitrogens with one attached hydrogen (secondary N) is 1. The molecule has 1 rings (SSSR count). The topological polar surface area (TPSA) is 43.3 Å². The SMILES string of the molecule is COCCNCc1ccc(C(C)C)n(CCC(C)C)c1=O. The summed E-state index contributed by atoms with van der Waals surface area (Å²) >= 11 is 0. The minimum Gasteiger partial charge on any atom is -0.383 e. The van der Waals surface area contributed by atoms with Gasteiger partial charge < -0.3 is 14.6 Å². The molecule has 0 amide bonds. The maximum absolute atomic E-state index is 12.7. The smallest absolute Gasteiger partial charge is 0.255 e. The summed E-state index contributed by atoms with van der Waals surface area (Å²) < 4.78 is 6.96. The first-order chi connectivity index (χ1) is 9.97. The average molecular weight is 294 g/mol. The van der Waals surface area contributed by atoms with E-state index in [0.29, 0.717) is 25.0 Å². The molecule has 1 N–H and O–H groups in total. The second-order valence-electron chi connectivity index (χ2n) is 6.25. The molecule has 0 bridgehead atoms. The van der Waals surface area contributed by atoms with Crippen LogP contribution in [0.4, 0.5) is 0 Å². The van der Waals surface area contributed by atoms with Crippen molar-refractivity contribution < 1.29 is 4.74 Å². The van der Waals surface area contributed by atoms with Crippen LogP contribution in [0.15, 0.2) is 16.9 Å². The van der Waals surface area contributed by atoms with Crippen LogP contribution in [0.3, 0.4) is 0 Å². The zero-order chi connectivity index (χ0) is 15.8. The van der Waals surface area contributed by atoms with Crippen molar-refractivity contribution in [1.82, 2.24) is 9.88 Å². The van der Waals surface area contributed by atoms with E-state index in [1.165, 1.54) is 0 Å². The quantitative estimate of drug-likeness (QED) is 0.712. The van der Waals surface area contributed by atoms with E-state index in [2.05, 4.69) is 39.1 Å². The van der Waals surface area contributed by atoms with Crippen molar-refractivity contribution in [2.24, 2.45) is 5.92 Å². The molecule has 0 aliphatic carbocycles. The lowest BCUT2D eigenvalue weighted by atomic mass is 10.1. The third kappa shape index (κ3) is 5.64. The third-order valence-electron chi connectivity index (χ3n) is 3.61. The standard InChI is InChI=1S/C17H30N2O2/c1-13(2)8-10-19-16(14(3)4)7-6-15(17(19)20)12-18-9-11-21-5/h6-7,13-14,18H,8-12H2,1-5H3. The molecule has 0 unspecified atom stereocenters. The van der Waals surface area contributed by atoms with Gasteiger partial charge >= 0.3 is 0 Å². The van der Waals surface area contributed by atoms with Crippen LogP contribution in [0.5, 0.6) is 0 Å². The summed E-state index contributed by atoms with van der Waals surface area (Å²) in [5.41, 5.74) is 2.10. The second-order valence-corrected chi connectivity index (χ2v) is 6.25. The van der Waals surface area contributed by atoms with E-state index < -0.39 is 0 Å². The van der Waals surface area contributed by atoms with E-state index in [9.17, 15) is 4.79 Å². The first-order valence-electron chi connectivity index (χ1n) is 7.89. The number of methoxy groups -OCH3 is 1. The molecule has 0 radical (unpaired) electrons. The highest BCUT2D eigenvalue weighted by Crippen LogP contribution is 2.14. The lowest BCUT2D eigenvalue weighted by molar-refractivity contribution is 0.199. The molecular formula is C17H30N2O2. The van der Waals surface area contributed by atoms with Crippen LogP contribution in [0.1, 0.15) is 51.3 Å². The monoisotopic (exact) mass is 294 g/mol. The van der Waals surface area contributed by atoms with Gasteiger partial charge in [0.25, 0.3) is 5.56 Å². The van der Waals surface area contributed by atoms with Crippen LogP contribution in [-0.4, -0.2) is 24.8 Å². The van der Waals surface area contributed by atoms with Crippen molar-refractivity contribution in [3.8, 4) is 0 Å². The molecule has 0 aromatic carbocycles. The van der Waals surface area contributed by atoms with E-state index in [1.807, 2.05) is 10.6 Å². The maximum Gasteiger partial charge on any atom is 0.255 e. The Kier molecular flexibility index (Phi) is 7.68. The van der Waals surface area contributed by atoms with Crippen LogP contribution in [0.25, 0.3) is 0 Å². The Bertz CT molecular complexity index is 478. The maximum atomic E-state index is 12.7. The van der Waals surface area contributed by atoms with E-state index in [-0.39, 0.29) is 5.56 Å². The first-order valence-corrected chi connectivity index (χ1v) is 7.89. The summed E-state index contributed by atoms with van der Waals surface area (Å²) in [6.07, 6.45) is 1.03. The van der Waals surface area contributed by atoms with Crippen molar-refractivity contribution in [3.63, 3.8) is 0 Å². The number of ether oxygens (including phenoxy) is 1. The average Bonchev–Trinajstić information content (AvgIpc) is 2.43. The van der Waals surface area contributed by atoms with E-state index in [1.54, 1.807) is 7.11 Å². The number of hydrogen-bond acceptors (Lipinski definition) is 3. The summed E-state index contributed by atoms with van der Waals surface area (Å²) in [6, 6.07) is 4.06. The molecule has 0 saturated heterocycles. The highest BCUT2D eigenvalue weighted by atomic mass is 16.5. The fourth-order valence-electron chi connectivity index (χ4n) is 2.29. The van der Waals surface area contributed by atoms with Crippen LogP contribution >= 0.6 is 0 Å². The van der Waals surface area contributed by atoms with Gasteiger partial charge in [-0.15, -0.1) is 0 Å². The fourth-order valence-corrected chi connectivity index (χ4v) is 2.29. The molecule has 120 valence electrons. The van der Waals surface area contributed by atoms with Gasteiger partial charge in [-0.1, -0.05) is 33.8 Å². The van der Waals surface area contributed by atoms with E-state index >= 15 is 0 Å². The Morgan fingerprint density at radius 1 is 1.24 bits per heavy atom. The van der Waals surface area contributed by atoms with Crippen molar-refractivity contribution in [2.45, 2.75) is 53.1 Å². The zero-order valence-electron chi connectivity index (χ0n) is 14.1. The third-order valence-corrected chi connectivity index (χ3v) is 3.61. The summed E-state index contributed by atoms with van der Waals surface area (Å²) in [6.45, 7) is 11.5. The van der Waals surface area contributed by atoms with Gasteiger partial charge in [-0.05, 0) is 24.3 Å². The molecular weight excluding hydrogens is 264 g/mol. The predicted octanol–water partition coefficient (Wildman–Crippen LogP) is 2.75. The lowest BCUT2D eigenvalue weighted by Gasteiger charge is -2.18. The molecule has 0 saturated carbocycles. The molecule has 0 atom stereocenters. The van der Waals surface area contributed by atoms with Crippen LogP contribution < -0.4 is 10.9 Å². The lowest BCUT2D eigenvalue weighted by Crippen LogP contribution is -2.31. The predicted molar refractivity (Wildman–Crippen MR) is 87.8 cm³/mol. The molecule has 0 aliphatic rings. The van der Waals surface area contributed by atoms with Gasteiger partial charge in [0.1, 0.15) is 0 Å². The number of hydrogen-bond donors (Lipinski definition) is 1. The Hall–Kier alpha value is -1.13. The first kappa shape index (κ1) is 17.9. The van der Waals surface area contributed by atoms with Gasteiger partial charge in [0, 0.05) is 38.0 Å². The van der Waals surface area contributed by atoms with E-state index in [4.69, 9.17) is 4.74 Å². The fraction of sp³-hybridized carbons (Fsp3) is 0.706. The normalized spacial score (nSPS) is 11.6. The molecule has 0 fully saturated rings. The Labute approximate surface area is 128 Å². The van der Waals surface area contributed by atoms with Crippen molar-refractivity contribution in [3.05, 3.63) is 33.7 Å². The summed E-state index contributed by atoms with van der Waals surface area (Å²) in [5.74, 6) is 0.959. The molecule has 4 heteroatoms. The number of nitrogens with zero attached hydrogens (tertiary/aromatic N) is 1. The molecule has 1 heterocycles. The van der Waals surface area contributed by atoms with Gasteiger partial charge in [0.15, 0.2) is 0 Å². The van der Waals surface area contributed by atoms with Crippen molar-refractivity contribution >= 4 is 0 Å². The molecule has 21 heavy (non-hydrogen) atoms. The minimum atomic E-state index is 0.145. The van der Waals surface area contributed by atoms with Gasteiger partial charge in [-0.25, -0.2) is 0 Å². The summed E-state index contributed by atoms with van der Waals surface area (Å²) in [5, 5.41) is 3.25. The van der Waals surface area contributed by atoms with Gasteiger partial charge in [-0.2, -0.15) is 0 Å². The largest absolute Gasteiger partial charge is 0.383 e. The van der Waals surface area contributed by atoms with E-state index in [0.717, 1.165) is 30.8 Å². The Balaban J connectivity index is 2.91. The van der Waals surface area contributed by atoms with Gasteiger partial charge in [0.2, 0.25) is 0 Å². The number of rotatable bonds is 9. The molecule has 1 aromatic rings. The Morgan fingerprint density at radius 3 is 2.52 bits per heavy atom. The second kappa shape index (κ2) is 9.00. The summed E-state index contributed by atoms with van der Waals surface area (Å²) in [4.78, 5) is 12.7. The number of aromatic nitrogens is 1. The van der Waals surface area contributed by atoms with Crippen molar-refractivity contribution in [2.75, 3.05) is 20.3 Å². The van der Waals surface area contributed by atoms with Gasteiger partial charge in [-0.3, -0.25) is 4.79 Å². The van der Waals surface area contributed by atoms with Gasteiger partial charge in [0.05, 0.1) is 6.61 Å². The van der Waals surface area contributed by atoms with Crippen LogP contribution in [0.2, 0.25) is 0 Å². The molecule has 0 spiro atoms. The van der Waals surface area contributed by atoms with Crippen LogP contribution in [0, 0.1) is 5.92 Å². The molecule has 1 aromatic heterocycles. The molecule has 0 aliphatic heterocycles. The summed E-state index contributed by atoms with van der Waals surface area (Å²) in [7, 11) is 1.68. The zero-order valence-corrected chi connectivity index (χ0v) is 14.1. The Morgan fingerprint density at radius 2 is 1.95 bits per heavy atom. The highest BCUT2D eigenvalue weighted by molar-refractivity contribution is 5.18. The van der Waals surface area contributed by atoms with Crippen LogP contribution in [-0.2, 0) is 17.8 Å². The highest BCUT2D eigenvalue weighted by Gasteiger charge is 2.11. The number of pyridine rings is 1. The molecule has 4 nitrogen and oxygen atoms in total. The van der Waals surface area contributed by atoms with Crippen molar-refractivity contribution in [1.29, 1.82) is 0 Å². The minimum absolute atomic E-state index is 0.145.